The molecule has 0 fully saturated rings. The molecule has 0 spiro atoms. The van der Waals surface area contributed by atoms with Crippen LogP contribution in [0, 0.1) is 6.92 Å². The molecule has 2 aromatic rings. The van der Waals surface area contributed by atoms with E-state index in [4.69, 9.17) is 0 Å². The van der Waals surface area contributed by atoms with E-state index in [1.54, 1.807) is 24.4 Å². The SMILES string of the molecule is CNCc1cccc(S(=O)(=O)NCc2ncc(C)s2)c1. The fourth-order valence-corrected chi connectivity index (χ4v) is 3.63. The Morgan fingerprint density at radius 3 is 2.75 bits per heavy atom. The Labute approximate surface area is 123 Å². The van der Waals surface area contributed by atoms with Crippen molar-refractivity contribution in [2.24, 2.45) is 0 Å². The first-order chi connectivity index (χ1) is 9.51. The molecule has 0 bridgehead atoms. The molecule has 1 heterocycles. The molecule has 1 aromatic heterocycles. The van der Waals surface area contributed by atoms with Crippen molar-refractivity contribution in [1.29, 1.82) is 0 Å². The van der Waals surface area contributed by atoms with Crippen LogP contribution in [0.1, 0.15) is 15.4 Å². The van der Waals surface area contributed by atoms with E-state index < -0.39 is 10.0 Å². The lowest BCUT2D eigenvalue weighted by Gasteiger charge is -2.07. The van der Waals surface area contributed by atoms with E-state index >= 15 is 0 Å². The first-order valence-electron chi connectivity index (χ1n) is 6.16. The lowest BCUT2D eigenvalue weighted by atomic mass is 10.2. The summed E-state index contributed by atoms with van der Waals surface area (Å²) < 4.78 is 27.0. The van der Waals surface area contributed by atoms with E-state index in [0.29, 0.717) is 6.54 Å². The molecular formula is C13H17N3O2S2. The smallest absolute Gasteiger partial charge is 0.240 e. The van der Waals surface area contributed by atoms with Gasteiger partial charge in [0.05, 0.1) is 11.4 Å². The van der Waals surface area contributed by atoms with Crippen molar-refractivity contribution in [2.75, 3.05) is 7.05 Å². The van der Waals surface area contributed by atoms with Gasteiger partial charge in [-0.1, -0.05) is 12.1 Å². The Kier molecular flexibility index (Phi) is 4.87. The first kappa shape index (κ1) is 15.1. The lowest BCUT2D eigenvalue weighted by Crippen LogP contribution is -2.23. The van der Waals surface area contributed by atoms with Gasteiger partial charge in [-0.15, -0.1) is 11.3 Å². The Balaban J connectivity index is 2.11. The molecule has 0 amide bonds. The third-order valence-electron chi connectivity index (χ3n) is 2.67. The van der Waals surface area contributed by atoms with Crippen LogP contribution < -0.4 is 10.0 Å². The van der Waals surface area contributed by atoms with Gasteiger partial charge >= 0.3 is 0 Å². The zero-order valence-electron chi connectivity index (χ0n) is 11.4. The minimum Gasteiger partial charge on any atom is -0.316 e. The van der Waals surface area contributed by atoms with Crippen molar-refractivity contribution < 1.29 is 8.42 Å². The van der Waals surface area contributed by atoms with E-state index in [1.807, 2.05) is 20.0 Å². The van der Waals surface area contributed by atoms with Crippen molar-refractivity contribution in [3.05, 3.63) is 45.9 Å². The van der Waals surface area contributed by atoms with E-state index in [0.717, 1.165) is 15.4 Å². The Bertz CT molecular complexity index is 680. The second kappa shape index (κ2) is 6.45. The summed E-state index contributed by atoms with van der Waals surface area (Å²) in [4.78, 5) is 5.48. The molecule has 0 aliphatic carbocycles. The van der Waals surface area contributed by atoms with Gasteiger partial charge in [-0.25, -0.2) is 18.1 Å². The highest BCUT2D eigenvalue weighted by atomic mass is 32.2. The molecule has 7 heteroatoms. The van der Waals surface area contributed by atoms with Crippen LogP contribution in [0.25, 0.3) is 0 Å². The third-order valence-corrected chi connectivity index (χ3v) is 4.98. The number of aryl methyl sites for hydroxylation is 1. The number of hydrogen-bond donors (Lipinski definition) is 2. The molecule has 0 saturated carbocycles. The number of benzene rings is 1. The van der Waals surface area contributed by atoms with Gasteiger partial charge in [-0.3, -0.25) is 0 Å². The van der Waals surface area contributed by atoms with Crippen LogP contribution in [-0.2, 0) is 23.1 Å². The van der Waals surface area contributed by atoms with Gasteiger partial charge in [-0.05, 0) is 31.7 Å². The number of aromatic nitrogens is 1. The Hall–Kier alpha value is -1.28. The summed E-state index contributed by atoms with van der Waals surface area (Å²) in [5.41, 5.74) is 0.931. The molecule has 2 N–H and O–H groups in total. The number of hydrogen-bond acceptors (Lipinski definition) is 5. The summed E-state index contributed by atoms with van der Waals surface area (Å²) >= 11 is 1.49. The van der Waals surface area contributed by atoms with Crippen LogP contribution in [-0.4, -0.2) is 20.4 Å². The molecule has 0 unspecified atom stereocenters. The van der Waals surface area contributed by atoms with Crippen LogP contribution >= 0.6 is 11.3 Å². The monoisotopic (exact) mass is 311 g/mol. The molecule has 0 saturated heterocycles. The first-order valence-corrected chi connectivity index (χ1v) is 8.46. The molecule has 20 heavy (non-hydrogen) atoms. The van der Waals surface area contributed by atoms with Gasteiger partial charge in [0.25, 0.3) is 0 Å². The summed E-state index contributed by atoms with van der Waals surface area (Å²) in [5, 5.41) is 3.76. The quantitative estimate of drug-likeness (QED) is 0.851. The average Bonchev–Trinajstić information content (AvgIpc) is 2.83. The fourth-order valence-electron chi connectivity index (χ4n) is 1.75. The molecule has 0 atom stereocenters. The van der Waals surface area contributed by atoms with Crippen LogP contribution in [0.15, 0.2) is 35.4 Å². The van der Waals surface area contributed by atoms with Gasteiger partial charge in [0.1, 0.15) is 5.01 Å². The van der Waals surface area contributed by atoms with Crippen LogP contribution in [0.2, 0.25) is 0 Å². The second-order valence-electron chi connectivity index (χ2n) is 4.37. The third kappa shape index (κ3) is 3.86. The molecule has 1 aromatic carbocycles. The van der Waals surface area contributed by atoms with Crippen LogP contribution in [0.5, 0.6) is 0 Å². The summed E-state index contributed by atoms with van der Waals surface area (Å²) in [5.74, 6) is 0. The molecule has 5 nitrogen and oxygen atoms in total. The van der Waals surface area contributed by atoms with E-state index in [1.165, 1.54) is 11.3 Å². The van der Waals surface area contributed by atoms with Crippen LogP contribution in [0.4, 0.5) is 0 Å². The highest BCUT2D eigenvalue weighted by molar-refractivity contribution is 7.89. The van der Waals surface area contributed by atoms with Crippen molar-refractivity contribution in [2.45, 2.75) is 24.9 Å². The second-order valence-corrected chi connectivity index (χ2v) is 7.45. The molecular weight excluding hydrogens is 294 g/mol. The predicted octanol–water partition coefficient (Wildman–Crippen LogP) is 1.65. The molecule has 2 rings (SSSR count). The Morgan fingerprint density at radius 1 is 1.30 bits per heavy atom. The maximum atomic E-state index is 12.2. The Morgan fingerprint density at radius 2 is 2.10 bits per heavy atom. The summed E-state index contributed by atoms with van der Waals surface area (Å²) in [6.07, 6.45) is 1.74. The normalized spacial score (nSPS) is 11.7. The highest BCUT2D eigenvalue weighted by Gasteiger charge is 2.14. The van der Waals surface area contributed by atoms with Gasteiger partial charge in [-0.2, -0.15) is 0 Å². The summed E-state index contributed by atoms with van der Waals surface area (Å²) in [6, 6.07) is 6.90. The standard InChI is InChI=1S/C13H17N3O2S2/c1-10-7-15-13(19-10)9-16-20(17,18)12-5-3-4-11(6-12)8-14-2/h3-7,14,16H,8-9H2,1-2H3. The van der Waals surface area contributed by atoms with Gasteiger partial charge < -0.3 is 5.32 Å². The van der Waals surface area contributed by atoms with E-state index in [9.17, 15) is 8.42 Å². The van der Waals surface area contributed by atoms with Gasteiger partial charge in [0.15, 0.2) is 0 Å². The largest absolute Gasteiger partial charge is 0.316 e. The number of nitrogens with one attached hydrogen (secondary N) is 2. The summed E-state index contributed by atoms with van der Waals surface area (Å²) in [7, 11) is -1.68. The van der Waals surface area contributed by atoms with Crippen molar-refractivity contribution >= 4 is 21.4 Å². The maximum Gasteiger partial charge on any atom is 0.240 e. The van der Waals surface area contributed by atoms with Crippen molar-refractivity contribution in [1.82, 2.24) is 15.0 Å². The van der Waals surface area contributed by atoms with E-state index in [2.05, 4.69) is 15.0 Å². The topological polar surface area (TPSA) is 71.1 Å². The van der Waals surface area contributed by atoms with Gasteiger partial charge in [0, 0.05) is 17.6 Å². The minimum absolute atomic E-state index is 0.219. The van der Waals surface area contributed by atoms with E-state index in [-0.39, 0.29) is 11.4 Å². The molecule has 0 aliphatic heterocycles. The maximum absolute atomic E-state index is 12.2. The minimum atomic E-state index is -3.50. The number of rotatable bonds is 6. The number of sulfonamides is 1. The summed E-state index contributed by atoms with van der Waals surface area (Å²) in [6.45, 7) is 2.79. The molecule has 0 radical (unpaired) electrons. The highest BCUT2D eigenvalue weighted by Crippen LogP contribution is 2.14. The predicted molar refractivity (Wildman–Crippen MR) is 80.1 cm³/mol. The lowest BCUT2D eigenvalue weighted by molar-refractivity contribution is 0.581. The van der Waals surface area contributed by atoms with Gasteiger partial charge in [0.2, 0.25) is 10.0 Å². The average molecular weight is 311 g/mol. The zero-order chi connectivity index (χ0) is 14.6. The van der Waals surface area contributed by atoms with Crippen LogP contribution in [0.3, 0.4) is 0 Å². The fraction of sp³-hybridized carbons (Fsp3) is 0.308. The molecule has 108 valence electrons. The molecule has 0 aliphatic rings. The van der Waals surface area contributed by atoms with Crippen molar-refractivity contribution in [3.8, 4) is 0 Å². The zero-order valence-corrected chi connectivity index (χ0v) is 13.0. The number of thiazole rings is 1. The van der Waals surface area contributed by atoms with Crippen molar-refractivity contribution in [3.63, 3.8) is 0 Å². The number of nitrogens with zero attached hydrogens (tertiary/aromatic N) is 1.